The predicted molar refractivity (Wildman–Crippen MR) is 129 cm³/mol. The van der Waals surface area contributed by atoms with Crippen molar-refractivity contribution in [1.29, 1.82) is 0 Å². The van der Waals surface area contributed by atoms with Crippen molar-refractivity contribution in [3.63, 3.8) is 0 Å². The molecule has 1 fully saturated rings. The number of anilines is 2. The topological polar surface area (TPSA) is 62.3 Å². The van der Waals surface area contributed by atoms with E-state index in [1.807, 2.05) is 43.3 Å². The van der Waals surface area contributed by atoms with Gasteiger partial charge in [0.15, 0.2) is 16.7 Å². The summed E-state index contributed by atoms with van der Waals surface area (Å²) in [7, 11) is 0. The zero-order valence-electron chi connectivity index (χ0n) is 17.2. The number of nitrogens with zero attached hydrogens (tertiary/aromatic N) is 3. The van der Waals surface area contributed by atoms with Gasteiger partial charge in [-0.1, -0.05) is 23.7 Å². The summed E-state index contributed by atoms with van der Waals surface area (Å²) in [6, 6.07) is 13.8. The lowest BCUT2D eigenvalue weighted by Crippen LogP contribution is -2.46. The Morgan fingerprint density at radius 3 is 2.74 bits per heavy atom. The lowest BCUT2D eigenvalue weighted by Gasteiger charge is -2.34. The maximum Gasteiger partial charge on any atom is 0.171 e. The van der Waals surface area contributed by atoms with Crippen LogP contribution in [0.5, 0.6) is 11.5 Å². The molecule has 1 aliphatic heterocycles. The van der Waals surface area contributed by atoms with Crippen LogP contribution < -0.4 is 20.3 Å². The minimum absolute atomic E-state index is 0.290. The zero-order valence-corrected chi connectivity index (χ0v) is 18.8. The van der Waals surface area contributed by atoms with Crippen LogP contribution in [0.1, 0.15) is 18.4 Å². The molecule has 160 valence electrons. The molecule has 0 aliphatic carbocycles. The quantitative estimate of drug-likeness (QED) is 0.515. The first-order valence-electron chi connectivity index (χ1n) is 10.2. The van der Waals surface area contributed by atoms with E-state index in [0.717, 1.165) is 48.7 Å². The Balaban J connectivity index is 1.35. The largest absolute Gasteiger partial charge is 0.456 e. The number of thiocarbonyl (C=S) groups is 1. The predicted octanol–water partition coefficient (Wildman–Crippen LogP) is 5.19. The van der Waals surface area contributed by atoms with Crippen LogP contribution in [-0.4, -0.2) is 34.2 Å². The molecule has 2 aromatic heterocycles. The van der Waals surface area contributed by atoms with E-state index >= 15 is 0 Å². The van der Waals surface area contributed by atoms with Crippen LogP contribution >= 0.6 is 23.8 Å². The fourth-order valence-electron chi connectivity index (χ4n) is 3.55. The average Bonchev–Trinajstić information content (AvgIpc) is 2.77. The average molecular weight is 454 g/mol. The molecule has 0 spiro atoms. The van der Waals surface area contributed by atoms with Gasteiger partial charge in [0.05, 0.1) is 11.9 Å². The lowest BCUT2D eigenvalue weighted by atomic mass is 10.1. The van der Waals surface area contributed by atoms with Gasteiger partial charge in [-0.3, -0.25) is 4.98 Å². The highest BCUT2D eigenvalue weighted by atomic mass is 35.5. The molecule has 0 saturated carbocycles. The van der Waals surface area contributed by atoms with Crippen molar-refractivity contribution in [3.8, 4) is 11.5 Å². The Hall–Kier alpha value is -2.90. The Bertz CT molecular complexity index is 1040. The van der Waals surface area contributed by atoms with Crippen molar-refractivity contribution in [2.24, 2.45) is 0 Å². The van der Waals surface area contributed by atoms with E-state index in [9.17, 15) is 0 Å². The Labute approximate surface area is 192 Å². The number of rotatable bonds is 5. The van der Waals surface area contributed by atoms with Gasteiger partial charge in [-0.05, 0) is 61.8 Å². The van der Waals surface area contributed by atoms with Crippen LogP contribution in [-0.2, 0) is 0 Å². The van der Waals surface area contributed by atoms with E-state index in [1.165, 1.54) is 0 Å². The number of halogens is 1. The van der Waals surface area contributed by atoms with Crippen LogP contribution in [0.4, 0.5) is 11.5 Å². The second kappa shape index (κ2) is 9.94. The minimum Gasteiger partial charge on any atom is -0.456 e. The van der Waals surface area contributed by atoms with Crippen molar-refractivity contribution in [3.05, 3.63) is 71.6 Å². The molecule has 4 rings (SSSR count). The molecule has 2 N–H and O–H groups in total. The van der Waals surface area contributed by atoms with Gasteiger partial charge in [0, 0.05) is 37.6 Å². The van der Waals surface area contributed by atoms with Gasteiger partial charge in [0.1, 0.15) is 10.8 Å². The van der Waals surface area contributed by atoms with E-state index in [4.69, 9.17) is 28.6 Å². The summed E-state index contributed by atoms with van der Waals surface area (Å²) in [5, 5.41) is 7.70. The minimum atomic E-state index is 0.290. The summed E-state index contributed by atoms with van der Waals surface area (Å²) in [5.41, 5.74) is 2.01. The summed E-state index contributed by atoms with van der Waals surface area (Å²) in [4.78, 5) is 10.8. The zero-order chi connectivity index (χ0) is 21.6. The molecule has 3 aromatic rings. The van der Waals surface area contributed by atoms with E-state index in [-0.39, 0.29) is 0 Å². The van der Waals surface area contributed by atoms with Gasteiger partial charge in [-0.2, -0.15) is 0 Å². The fraction of sp³-hybridized carbons (Fsp3) is 0.261. The van der Waals surface area contributed by atoms with Crippen molar-refractivity contribution < 1.29 is 4.74 Å². The number of aromatic nitrogens is 2. The normalized spacial score (nSPS) is 14.2. The molecule has 0 amide bonds. The number of benzene rings is 1. The Morgan fingerprint density at radius 1 is 1.16 bits per heavy atom. The van der Waals surface area contributed by atoms with Crippen molar-refractivity contribution in [2.45, 2.75) is 25.8 Å². The van der Waals surface area contributed by atoms with Gasteiger partial charge in [-0.25, -0.2) is 4.98 Å². The fourth-order valence-corrected chi connectivity index (χ4v) is 4.10. The van der Waals surface area contributed by atoms with E-state index in [2.05, 4.69) is 25.5 Å². The smallest absolute Gasteiger partial charge is 0.171 e. The third-order valence-electron chi connectivity index (χ3n) is 5.10. The molecular weight excluding hydrogens is 430 g/mol. The van der Waals surface area contributed by atoms with Crippen LogP contribution in [0.15, 0.2) is 61.1 Å². The summed E-state index contributed by atoms with van der Waals surface area (Å²) < 4.78 is 6.01. The number of hydrogen-bond donors (Lipinski definition) is 2. The maximum absolute atomic E-state index is 6.66. The number of nitrogens with one attached hydrogen (secondary N) is 2. The molecule has 0 radical (unpaired) electrons. The van der Waals surface area contributed by atoms with Gasteiger partial charge in [0.2, 0.25) is 0 Å². The molecule has 31 heavy (non-hydrogen) atoms. The monoisotopic (exact) mass is 453 g/mol. The highest BCUT2D eigenvalue weighted by molar-refractivity contribution is 7.80. The van der Waals surface area contributed by atoms with E-state index < -0.39 is 0 Å². The highest BCUT2D eigenvalue weighted by Gasteiger charge is 2.23. The first-order chi connectivity index (χ1) is 15.1. The van der Waals surface area contributed by atoms with Crippen LogP contribution in [0.25, 0.3) is 0 Å². The molecule has 1 aliphatic rings. The highest BCUT2D eigenvalue weighted by Crippen LogP contribution is 2.36. The first-order valence-corrected chi connectivity index (χ1v) is 11.0. The Morgan fingerprint density at radius 2 is 2.00 bits per heavy atom. The summed E-state index contributed by atoms with van der Waals surface area (Å²) in [6.07, 6.45) is 7.07. The van der Waals surface area contributed by atoms with E-state index in [1.54, 1.807) is 24.7 Å². The van der Waals surface area contributed by atoms with Crippen LogP contribution in [0.3, 0.4) is 0 Å². The molecule has 6 nitrogen and oxygen atoms in total. The standard InChI is InChI=1S/C23H24ClN5OS/c1-16-4-2-6-19(14-16)30-20-7-11-26-22(21(20)24)29-12-8-17(9-13-29)27-23(31)28-18-5-3-10-25-15-18/h2-7,10-11,14-15,17H,8-9,12-13H2,1H3,(H2,27,28,31). The molecule has 1 saturated heterocycles. The number of pyridine rings is 2. The molecule has 0 unspecified atom stereocenters. The molecule has 0 atom stereocenters. The second-order valence-electron chi connectivity index (χ2n) is 7.47. The lowest BCUT2D eigenvalue weighted by molar-refractivity contribution is 0.462. The third kappa shape index (κ3) is 5.62. The molecule has 1 aromatic carbocycles. The maximum atomic E-state index is 6.66. The molecule has 8 heteroatoms. The summed E-state index contributed by atoms with van der Waals surface area (Å²) in [5.74, 6) is 2.12. The Kier molecular flexibility index (Phi) is 6.84. The van der Waals surface area contributed by atoms with Crippen molar-refractivity contribution in [2.75, 3.05) is 23.3 Å². The SMILES string of the molecule is Cc1cccc(Oc2ccnc(N3CCC(NC(=S)Nc4cccnc4)CC3)c2Cl)c1. The molecule has 3 heterocycles. The first kappa shape index (κ1) is 21.3. The number of hydrogen-bond acceptors (Lipinski definition) is 5. The van der Waals surface area contributed by atoms with Gasteiger partial charge < -0.3 is 20.3 Å². The molecular formula is C23H24ClN5OS. The van der Waals surface area contributed by atoms with Gasteiger partial charge in [-0.15, -0.1) is 0 Å². The third-order valence-corrected chi connectivity index (χ3v) is 5.68. The van der Waals surface area contributed by atoms with Crippen LogP contribution in [0.2, 0.25) is 5.02 Å². The van der Waals surface area contributed by atoms with Crippen molar-refractivity contribution >= 4 is 40.4 Å². The van der Waals surface area contributed by atoms with Crippen molar-refractivity contribution in [1.82, 2.24) is 15.3 Å². The second-order valence-corrected chi connectivity index (χ2v) is 8.25. The number of piperidine rings is 1. The van der Waals surface area contributed by atoms with Crippen LogP contribution in [0, 0.1) is 6.92 Å². The van der Waals surface area contributed by atoms with Gasteiger partial charge >= 0.3 is 0 Å². The molecule has 0 bridgehead atoms. The number of aryl methyl sites for hydroxylation is 1. The number of ether oxygens (including phenoxy) is 1. The summed E-state index contributed by atoms with van der Waals surface area (Å²) in [6.45, 7) is 3.68. The summed E-state index contributed by atoms with van der Waals surface area (Å²) >= 11 is 12.1. The van der Waals surface area contributed by atoms with E-state index in [0.29, 0.717) is 21.9 Å². The van der Waals surface area contributed by atoms with Gasteiger partial charge in [0.25, 0.3) is 0 Å².